The van der Waals surface area contributed by atoms with Crippen molar-refractivity contribution < 1.29 is 28.6 Å². The van der Waals surface area contributed by atoms with Gasteiger partial charge >= 0.3 is 17.9 Å². The molecule has 0 rings (SSSR count). The van der Waals surface area contributed by atoms with Crippen LogP contribution in [0.2, 0.25) is 0 Å². The van der Waals surface area contributed by atoms with E-state index in [4.69, 9.17) is 14.2 Å². The summed E-state index contributed by atoms with van der Waals surface area (Å²) >= 11 is 0. The van der Waals surface area contributed by atoms with E-state index in [1.165, 1.54) is 308 Å². The number of allylic oxidation sites excluding steroid dienone is 4. The van der Waals surface area contributed by atoms with Crippen molar-refractivity contribution in [3.63, 3.8) is 0 Å². The summed E-state index contributed by atoms with van der Waals surface area (Å²) in [4.78, 5) is 38.4. The molecule has 1 atom stereocenters. The minimum absolute atomic E-state index is 0.0721. The van der Waals surface area contributed by atoms with Gasteiger partial charge in [-0.25, -0.2) is 0 Å². The van der Waals surface area contributed by atoms with E-state index < -0.39 is 6.10 Å². The van der Waals surface area contributed by atoms with Gasteiger partial charge in [-0.2, -0.15) is 0 Å². The molecule has 0 aliphatic carbocycles. The molecule has 0 radical (unpaired) electrons. The van der Waals surface area contributed by atoms with Crippen LogP contribution in [0.4, 0.5) is 0 Å². The minimum atomic E-state index is -0.777. The van der Waals surface area contributed by atoms with Crippen LogP contribution in [0, 0.1) is 0 Å². The second-order valence-electron chi connectivity index (χ2n) is 25.2. The van der Waals surface area contributed by atoms with Crippen LogP contribution < -0.4 is 0 Å². The fraction of sp³-hybridized carbons (Fsp3) is 0.907. The quantitative estimate of drug-likeness (QED) is 0.0261. The monoisotopic (exact) mass is 1140 g/mol. The Morgan fingerprint density at radius 3 is 0.617 bits per heavy atom. The zero-order chi connectivity index (χ0) is 58.5. The standard InChI is InChI=1S/C75H142O6/c1-4-7-10-13-16-19-22-25-28-30-31-32-33-34-35-36-37-38-39-40-41-42-43-44-45-46-48-50-53-56-59-62-65-68-74(77)80-71-72(70-79-73(76)67-64-61-58-55-52-49-27-24-21-18-15-12-9-6-3)81-75(78)69-66-63-60-57-54-51-47-29-26-23-20-17-14-11-8-5-2/h24,27,29,47,72H,4-23,25-26,28,30-46,48-71H2,1-3H3/b27-24-,47-29-. The summed E-state index contributed by atoms with van der Waals surface area (Å²) in [6.45, 7) is 6.69. The molecule has 0 aliphatic rings. The summed E-state index contributed by atoms with van der Waals surface area (Å²) in [7, 11) is 0. The normalized spacial score (nSPS) is 12.1. The lowest BCUT2D eigenvalue weighted by atomic mass is 10.0. The summed E-state index contributed by atoms with van der Waals surface area (Å²) in [5.41, 5.74) is 0. The van der Waals surface area contributed by atoms with Gasteiger partial charge in [0.2, 0.25) is 0 Å². The predicted octanol–water partition coefficient (Wildman–Crippen LogP) is 25.3. The highest BCUT2D eigenvalue weighted by atomic mass is 16.6. The molecule has 6 nitrogen and oxygen atoms in total. The summed E-state index contributed by atoms with van der Waals surface area (Å²) in [6, 6.07) is 0. The maximum Gasteiger partial charge on any atom is 0.306 e. The van der Waals surface area contributed by atoms with Crippen molar-refractivity contribution in [3.8, 4) is 0 Å². The van der Waals surface area contributed by atoms with Gasteiger partial charge in [-0.1, -0.05) is 353 Å². The van der Waals surface area contributed by atoms with Crippen LogP contribution in [0.3, 0.4) is 0 Å². The first-order valence-electron chi connectivity index (χ1n) is 36.8. The Hall–Kier alpha value is -2.11. The van der Waals surface area contributed by atoms with Crippen LogP contribution in [0.15, 0.2) is 24.3 Å². The number of unbranched alkanes of at least 4 members (excludes halogenated alkanes) is 54. The zero-order valence-corrected chi connectivity index (χ0v) is 55.1. The molecule has 0 aromatic carbocycles. The van der Waals surface area contributed by atoms with Crippen molar-refractivity contribution in [2.45, 2.75) is 425 Å². The van der Waals surface area contributed by atoms with E-state index >= 15 is 0 Å². The van der Waals surface area contributed by atoms with Gasteiger partial charge in [-0.05, 0) is 70.6 Å². The number of esters is 3. The molecule has 0 aromatic heterocycles. The van der Waals surface area contributed by atoms with Crippen LogP contribution in [0.5, 0.6) is 0 Å². The Labute approximate surface area is 506 Å². The molecule has 0 aliphatic heterocycles. The Kier molecular flexibility index (Phi) is 68.5. The third-order valence-electron chi connectivity index (χ3n) is 16.9. The lowest BCUT2D eigenvalue weighted by Crippen LogP contribution is -2.30. The molecule has 0 fully saturated rings. The van der Waals surface area contributed by atoms with Gasteiger partial charge in [0.15, 0.2) is 6.10 Å². The average Bonchev–Trinajstić information content (AvgIpc) is 3.47. The average molecular weight is 1140 g/mol. The number of hydrogen-bond donors (Lipinski definition) is 0. The van der Waals surface area contributed by atoms with Crippen LogP contribution in [0.25, 0.3) is 0 Å². The molecule has 0 amide bonds. The lowest BCUT2D eigenvalue weighted by molar-refractivity contribution is -0.167. The number of hydrogen-bond acceptors (Lipinski definition) is 6. The lowest BCUT2D eigenvalue weighted by Gasteiger charge is -2.18. The third kappa shape index (κ3) is 68.6. The molecule has 0 bridgehead atoms. The van der Waals surface area contributed by atoms with E-state index in [-0.39, 0.29) is 31.1 Å². The van der Waals surface area contributed by atoms with E-state index in [1.54, 1.807) is 0 Å². The topological polar surface area (TPSA) is 78.9 Å². The maximum absolute atomic E-state index is 12.9. The molecule has 0 N–H and O–H groups in total. The molecule has 478 valence electrons. The van der Waals surface area contributed by atoms with Crippen molar-refractivity contribution in [1.29, 1.82) is 0 Å². The molecular formula is C75H142O6. The van der Waals surface area contributed by atoms with Gasteiger partial charge in [0.05, 0.1) is 0 Å². The van der Waals surface area contributed by atoms with E-state index in [0.717, 1.165) is 70.6 Å². The Bertz CT molecular complexity index is 1310. The van der Waals surface area contributed by atoms with Crippen molar-refractivity contribution in [2.75, 3.05) is 13.2 Å². The Morgan fingerprint density at radius 2 is 0.407 bits per heavy atom. The van der Waals surface area contributed by atoms with Gasteiger partial charge < -0.3 is 14.2 Å². The molecule has 1 unspecified atom stereocenters. The van der Waals surface area contributed by atoms with Crippen LogP contribution in [-0.2, 0) is 28.6 Å². The molecule has 81 heavy (non-hydrogen) atoms. The first kappa shape index (κ1) is 78.9. The van der Waals surface area contributed by atoms with Gasteiger partial charge in [-0.3, -0.25) is 14.4 Å². The number of carbonyl (C=O) groups excluding carboxylic acids is 3. The zero-order valence-electron chi connectivity index (χ0n) is 55.1. The minimum Gasteiger partial charge on any atom is -0.462 e. The molecule has 0 saturated carbocycles. The molecule has 0 spiro atoms. The van der Waals surface area contributed by atoms with Crippen LogP contribution in [-0.4, -0.2) is 37.2 Å². The molecule has 0 aromatic rings. The van der Waals surface area contributed by atoms with Gasteiger partial charge in [0, 0.05) is 19.3 Å². The van der Waals surface area contributed by atoms with E-state index in [1.807, 2.05) is 0 Å². The second kappa shape index (κ2) is 70.4. The Balaban J connectivity index is 4.09. The highest BCUT2D eigenvalue weighted by Crippen LogP contribution is 2.19. The number of ether oxygens (including phenoxy) is 3. The summed E-state index contributed by atoms with van der Waals surface area (Å²) in [5, 5.41) is 0. The van der Waals surface area contributed by atoms with Crippen molar-refractivity contribution >= 4 is 17.9 Å². The third-order valence-corrected chi connectivity index (χ3v) is 16.9. The van der Waals surface area contributed by atoms with Crippen molar-refractivity contribution in [1.82, 2.24) is 0 Å². The first-order chi connectivity index (χ1) is 40.0. The fourth-order valence-corrected chi connectivity index (χ4v) is 11.4. The maximum atomic E-state index is 12.9. The van der Waals surface area contributed by atoms with Crippen molar-refractivity contribution in [2.24, 2.45) is 0 Å². The van der Waals surface area contributed by atoms with Gasteiger partial charge in [0.1, 0.15) is 13.2 Å². The predicted molar refractivity (Wildman–Crippen MR) is 353 cm³/mol. The van der Waals surface area contributed by atoms with Crippen molar-refractivity contribution in [3.05, 3.63) is 24.3 Å². The molecule has 0 saturated heterocycles. The van der Waals surface area contributed by atoms with Crippen LogP contribution >= 0.6 is 0 Å². The smallest absolute Gasteiger partial charge is 0.306 e. The molecule has 6 heteroatoms. The molecule has 0 heterocycles. The van der Waals surface area contributed by atoms with E-state index in [9.17, 15) is 14.4 Å². The van der Waals surface area contributed by atoms with E-state index in [0.29, 0.717) is 19.3 Å². The fourth-order valence-electron chi connectivity index (χ4n) is 11.4. The first-order valence-corrected chi connectivity index (χ1v) is 36.8. The summed E-state index contributed by atoms with van der Waals surface area (Å²) < 4.78 is 17.0. The molecular weight excluding hydrogens is 997 g/mol. The van der Waals surface area contributed by atoms with E-state index in [2.05, 4.69) is 45.1 Å². The van der Waals surface area contributed by atoms with Crippen LogP contribution in [0.1, 0.15) is 419 Å². The number of carbonyl (C=O) groups is 3. The summed E-state index contributed by atoms with van der Waals surface area (Å²) in [6.07, 6.45) is 86.7. The summed E-state index contributed by atoms with van der Waals surface area (Å²) in [5.74, 6) is -0.860. The van der Waals surface area contributed by atoms with Gasteiger partial charge in [-0.15, -0.1) is 0 Å². The highest BCUT2D eigenvalue weighted by Gasteiger charge is 2.19. The second-order valence-corrected chi connectivity index (χ2v) is 25.2. The number of rotatable bonds is 69. The Morgan fingerprint density at radius 1 is 0.235 bits per heavy atom. The van der Waals surface area contributed by atoms with Gasteiger partial charge in [0.25, 0.3) is 0 Å². The highest BCUT2D eigenvalue weighted by molar-refractivity contribution is 5.71. The largest absolute Gasteiger partial charge is 0.462 e. The SMILES string of the molecule is CCCCCCC/C=C\CCCCCCCC(=O)OCC(COC(=O)CCCCCCCCCCCCCCCCCCCCCCCCCCCCCCCCCCC)OC(=O)CCCCCCC/C=C\CCCCCCCCC.